The molecule has 0 saturated heterocycles. The van der Waals surface area contributed by atoms with E-state index in [0.717, 1.165) is 34.7 Å². The lowest BCUT2D eigenvalue weighted by Gasteiger charge is -2.04. The molecular formula is C16H14N2OS2. The molecule has 106 valence electrons. The van der Waals surface area contributed by atoms with Gasteiger partial charge >= 0.3 is 0 Å². The van der Waals surface area contributed by atoms with Crippen molar-refractivity contribution in [2.75, 3.05) is 11.1 Å². The van der Waals surface area contributed by atoms with Crippen molar-refractivity contribution >= 4 is 34.0 Å². The van der Waals surface area contributed by atoms with Crippen LogP contribution in [0.4, 0.5) is 5.00 Å². The third kappa shape index (κ3) is 3.12. The van der Waals surface area contributed by atoms with Crippen LogP contribution in [0.1, 0.15) is 22.4 Å². The predicted molar refractivity (Wildman–Crippen MR) is 86.9 cm³/mol. The number of thiophene rings is 1. The molecule has 3 nitrogen and oxygen atoms in total. The largest absolute Gasteiger partial charge is 0.316 e. The van der Waals surface area contributed by atoms with Crippen LogP contribution in [0.2, 0.25) is 0 Å². The molecular weight excluding hydrogens is 300 g/mol. The quantitative estimate of drug-likeness (QED) is 0.872. The molecule has 0 saturated carbocycles. The number of rotatable bonds is 4. The van der Waals surface area contributed by atoms with Crippen molar-refractivity contribution in [3.05, 3.63) is 46.3 Å². The van der Waals surface area contributed by atoms with Crippen LogP contribution in [0, 0.1) is 11.3 Å². The molecule has 1 N–H and O–H groups in total. The Bertz CT molecular complexity index is 701. The van der Waals surface area contributed by atoms with Crippen molar-refractivity contribution in [2.24, 2.45) is 0 Å². The van der Waals surface area contributed by atoms with Crippen LogP contribution in [0.3, 0.4) is 0 Å². The van der Waals surface area contributed by atoms with E-state index < -0.39 is 0 Å². The Morgan fingerprint density at radius 1 is 1.33 bits per heavy atom. The van der Waals surface area contributed by atoms with Crippen LogP contribution < -0.4 is 5.32 Å². The average Bonchev–Trinajstić information content (AvgIpc) is 3.06. The van der Waals surface area contributed by atoms with Gasteiger partial charge in [-0.1, -0.05) is 18.2 Å². The molecule has 21 heavy (non-hydrogen) atoms. The number of nitriles is 1. The van der Waals surface area contributed by atoms with Crippen molar-refractivity contribution < 1.29 is 4.79 Å². The minimum Gasteiger partial charge on any atom is -0.316 e. The zero-order chi connectivity index (χ0) is 14.7. The van der Waals surface area contributed by atoms with E-state index in [0.29, 0.717) is 11.3 Å². The van der Waals surface area contributed by atoms with E-state index in [2.05, 4.69) is 11.4 Å². The Balaban J connectivity index is 1.64. The van der Waals surface area contributed by atoms with Crippen LogP contribution in [-0.2, 0) is 17.6 Å². The maximum Gasteiger partial charge on any atom is 0.235 e. The van der Waals surface area contributed by atoms with E-state index >= 15 is 0 Å². The minimum atomic E-state index is -0.0553. The van der Waals surface area contributed by atoms with Crippen LogP contribution in [0.5, 0.6) is 0 Å². The first kappa shape index (κ1) is 14.2. The second-order valence-electron chi connectivity index (χ2n) is 4.82. The number of thioether (sulfide) groups is 1. The average molecular weight is 314 g/mol. The van der Waals surface area contributed by atoms with Gasteiger partial charge in [0.05, 0.1) is 11.3 Å². The van der Waals surface area contributed by atoms with Gasteiger partial charge in [0.15, 0.2) is 0 Å². The van der Waals surface area contributed by atoms with Gasteiger partial charge < -0.3 is 5.32 Å². The Labute approximate surface area is 132 Å². The summed E-state index contributed by atoms with van der Waals surface area (Å²) >= 11 is 3.06. The Hall–Kier alpha value is -1.77. The van der Waals surface area contributed by atoms with Crippen LogP contribution in [-0.4, -0.2) is 11.7 Å². The SMILES string of the molecule is N#Cc1c(NC(=O)CSc2ccccc2)sc2c1CCC2. The molecule has 1 amide bonds. The molecule has 0 atom stereocenters. The fourth-order valence-electron chi connectivity index (χ4n) is 2.44. The summed E-state index contributed by atoms with van der Waals surface area (Å²) in [5.41, 5.74) is 1.82. The van der Waals surface area contributed by atoms with Gasteiger partial charge in [0.25, 0.3) is 0 Å². The first-order chi connectivity index (χ1) is 10.3. The molecule has 0 unspecified atom stereocenters. The highest BCUT2D eigenvalue weighted by Crippen LogP contribution is 2.38. The van der Waals surface area contributed by atoms with Gasteiger partial charge in [-0.15, -0.1) is 23.1 Å². The summed E-state index contributed by atoms with van der Waals surface area (Å²) in [5.74, 6) is 0.303. The van der Waals surface area contributed by atoms with Crippen LogP contribution in [0.25, 0.3) is 0 Å². The summed E-state index contributed by atoms with van der Waals surface area (Å²) in [6, 6.07) is 12.1. The highest BCUT2D eigenvalue weighted by molar-refractivity contribution is 8.00. The monoisotopic (exact) mass is 314 g/mol. The van der Waals surface area contributed by atoms with Crippen molar-refractivity contribution in [3.63, 3.8) is 0 Å². The fourth-order valence-corrected chi connectivity index (χ4v) is 4.41. The van der Waals surface area contributed by atoms with E-state index in [-0.39, 0.29) is 5.91 Å². The van der Waals surface area contributed by atoms with Gasteiger partial charge in [-0.05, 0) is 37.0 Å². The van der Waals surface area contributed by atoms with E-state index in [4.69, 9.17) is 0 Å². The van der Waals surface area contributed by atoms with Gasteiger partial charge in [0.1, 0.15) is 11.1 Å². The molecule has 1 heterocycles. The number of nitrogens with one attached hydrogen (secondary N) is 1. The number of fused-ring (bicyclic) bond motifs is 1. The van der Waals surface area contributed by atoms with Gasteiger partial charge in [0, 0.05) is 9.77 Å². The second-order valence-corrected chi connectivity index (χ2v) is 6.98. The van der Waals surface area contributed by atoms with Gasteiger partial charge in [-0.25, -0.2) is 0 Å². The third-order valence-electron chi connectivity index (χ3n) is 3.40. The zero-order valence-electron chi connectivity index (χ0n) is 11.4. The molecule has 0 aliphatic heterocycles. The Kier molecular flexibility index (Phi) is 4.28. The third-order valence-corrected chi connectivity index (χ3v) is 5.62. The number of carbonyl (C=O) groups is 1. The van der Waals surface area contributed by atoms with E-state index in [9.17, 15) is 10.1 Å². The molecule has 2 aromatic rings. The number of hydrogen-bond donors (Lipinski definition) is 1. The fraction of sp³-hybridized carbons (Fsp3) is 0.250. The zero-order valence-corrected chi connectivity index (χ0v) is 13.0. The van der Waals surface area contributed by atoms with E-state index in [1.807, 2.05) is 30.3 Å². The summed E-state index contributed by atoms with van der Waals surface area (Å²) in [7, 11) is 0. The van der Waals surface area contributed by atoms with E-state index in [1.54, 1.807) is 11.3 Å². The molecule has 1 aromatic heterocycles. The van der Waals surface area contributed by atoms with Crippen molar-refractivity contribution in [1.29, 1.82) is 5.26 Å². The molecule has 0 bridgehead atoms. The number of hydrogen-bond acceptors (Lipinski definition) is 4. The van der Waals surface area contributed by atoms with Gasteiger partial charge in [-0.2, -0.15) is 5.26 Å². The lowest BCUT2D eigenvalue weighted by Crippen LogP contribution is -2.13. The first-order valence-electron chi connectivity index (χ1n) is 6.80. The summed E-state index contributed by atoms with van der Waals surface area (Å²) in [5, 5.41) is 12.9. The molecule has 1 aliphatic carbocycles. The Morgan fingerprint density at radius 2 is 2.14 bits per heavy atom. The van der Waals surface area contributed by atoms with Crippen molar-refractivity contribution in [3.8, 4) is 6.07 Å². The smallest absolute Gasteiger partial charge is 0.235 e. The highest BCUT2D eigenvalue weighted by atomic mass is 32.2. The summed E-state index contributed by atoms with van der Waals surface area (Å²) in [6.07, 6.45) is 3.11. The molecule has 1 aliphatic rings. The molecule has 3 rings (SSSR count). The maximum atomic E-state index is 12.0. The molecule has 0 radical (unpaired) electrons. The van der Waals surface area contributed by atoms with Gasteiger partial charge in [0.2, 0.25) is 5.91 Å². The molecule has 5 heteroatoms. The number of benzene rings is 1. The van der Waals surface area contributed by atoms with Crippen LogP contribution in [0.15, 0.2) is 35.2 Å². The number of nitrogens with zero attached hydrogens (tertiary/aromatic N) is 1. The lowest BCUT2D eigenvalue weighted by molar-refractivity contribution is -0.113. The normalized spacial score (nSPS) is 12.7. The highest BCUT2D eigenvalue weighted by Gasteiger charge is 2.22. The van der Waals surface area contributed by atoms with Crippen molar-refractivity contribution in [1.82, 2.24) is 0 Å². The maximum absolute atomic E-state index is 12.0. The van der Waals surface area contributed by atoms with E-state index in [1.165, 1.54) is 16.6 Å². The molecule has 1 aromatic carbocycles. The number of aryl methyl sites for hydroxylation is 1. The number of carbonyl (C=O) groups excluding carboxylic acids is 1. The number of anilines is 1. The van der Waals surface area contributed by atoms with Crippen molar-refractivity contribution in [2.45, 2.75) is 24.2 Å². The summed E-state index contributed by atoms with van der Waals surface area (Å²) < 4.78 is 0. The van der Waals surface area contributed by atoms with Gasteiger partial charge in [-0.3, -0.25) is 4.79 Å². The number of amides is 1. The standard InChI is InChI=1S/C16H14N2OS2/c17-9-13-12-7-4-8-14(12)21-16(13)18-15(19)10-20-11-5-2-1-3-6-11/h1-3,5-6H,4,7-8,10H2,(H,18,19). The minimum absolute atomic E-state index is 0.0553. The lowest BCUT2D eigenvalue weighted by atomic mass is 10.1. The summed E-state index contributed by atoms with van der Waals surface area (Å²) in [4.78, 5) is 14.4. The molecule has 0 fully saturated rings. The predicted octanol–water partition coefficient (Wildman–Crippen LogP) is 3.84. The topological polar surface area (TPSA) is 52.9 Å². The first-order valence-corrected chi connectivity index (χ1v) is 8.60. The molecule has 0 spiro atoms. The van der Waals surface area contributed by atoms with Crippen LogP contribution >= 0.6 is 23.1 Å². The Morgan fingerprint density at radius 3 is 2.90 bits per heavy atom. The summed E-state index contributed by atoms with van der Waals surface area (Å²) in [6.45, 7) is 0. The second kappa shape index (κ2) is 6.33.